The number of aromatic nitrogens is 2. The van der Waals surface area contributed by atoms with Crippen LogP contribution in [0.1, 0.15) is 30.7 Å². The fourth-order valence-corrected chi connectivity index (χ4v) is 2.03. The topological polar surface area (TPSA) is 55.2 Å². The van der Waals surface area contributed by atoms with Crippen LogP contribution >= 0.6 is 11.3 Å². The molecule has 0 atom stereocenters. The van der Waals surface area contributed by atoms with E-state index in [9.17, 15) is 0 Å². The summed E-state index contributed by atoms with van der Waals surface area (Å²) in [7, 11) is 0. The Morgan fingerprint density at radius 2 is 2.29 bits per heavy atom. The molecule has 2 rings (SSSR count). The van der Waals surface area contributed by atoms with E-state index < -0.39 is 0 Å². The minimum Gasteiger partial charge on any atom is -0.469 e. The molecule has 78 valence electrons. The van der Waals surface area contributed by atoms with E-state index in [-0.39, 0.29) is 6.61 Å². The molecule has 1 aromatic heterocycles. The fraction of sp³-hybridized carbons (Fsp3) is 0.778. The molecule has 0 unspecified atom stereocenters. The van der Waals surface area contributed by atoms with Crippen LogP contribution in [0.25, 0.3) is 0 Å². The molecular formula is C9H14N2O2S. The van der Waals surface area contributed by atoms with E-state index in [1.165, 1.54) is 30.6 Å². The Morgan fingerprint density at radius 3 is 2.86 bits per heavy atom. The summed E-state index contributed by atoms with van der Waals surface area (Å²) < 4.78 is 5.43. The molecule has 0 bridgehead atoms. The molecule has 1 fully saturated rings. The highest BCUT2D eigenvalue weighted by Gasteiger charge is 2.17. The molecule has 0 spiro atoms. The van der Waals surface area contributed by atoms with Crippen molar-refractivity contribution in [3.8, 4) is 5.19 Å². The van der Waals surface area contributed by atoms with E-state index in [4.69, 9.17) is 9.84 Å². The summed E-state index contributed by atoms with van der Waals surface area (Å²) in [6.45, 7) is 0.675. The SMILES string of the molecule is OCc1nnc(OCCC2CCC2)s1. The first kappa shape index (κ1) is 9.86. The zero-order valence-corrected chi connectivity index (χ0v) is 8.79. The normalized spacial score (nSPS) is 16.6. The van der Waals surface area contributed by atoms with Crippen molar-refractivity contribution in [3.63, 3.8) is 0 Å². The molecule has 5 heteroatoms. The second-order valence-electron chi connectivity index (χ2n) is 3.55. The van der Waals surface area contributed by atoms with Crippen molar-refractivity contribution >= 4 is 11.3 Å². The average Bonchev–Trinajstić information content (AvgIpc) is 2.57. The summed E-state index contributed by atoms with van der Waals surface area (Å²) in [5.41, 5.74) is 0. The van der Waals surface area contributed by atoms with Crippen LogP contribution < -0.4 is 4.74 Å². The van der Waals surface area contributed by atoms with E-state index in [0.717, 1.165) is 18.9 Å². The first-order chi connectivity index (χ1) is 6.88. The summed E-state index contributed by atoms with van der Waals surface area (Å²) in [6.07, 6.45) is 5.19. The molecule has 0 radical (unpaired) electrons. The van der Waals surface area contributed by atoms with Crippen LogP contribution in [0.3, 0.4) is 0 Å². The summed E-state index contributed by atoms with van der Waals surface area (Å²) in [5.74, 6) is 0.861. The van der Waals surface area contributed by atoms with Crippen LogP contribution in [0, 0.1) is 5.92 Å². The first-order valence-corrected chi connectivity index (χ1v) is 5.76. The Labute approximate surface area is 86.9 Å². The monoisotopic (exact) mass is 214 g/mol. The van der Waals surface area contributed by atoms with Crippen molar-refractivity contribution in [1.29, 1.82) is 0 Å². The molecule has 4 nitrogen and oxygen atoms in total. The molecule has 1 aromatic rings. The maximum absolute atomic E-state index is 8.76. The molecule has 1 aliphatic rings. The van der Waals surface area contributed by atoms with Gasteiger partial charge in [-0.3, -0.25) is 0 Å². The minimum absolute atomic E-state index is 0.0519. The third kappa shape index (κ3) is 2.42. The molecule has 1 N–H and O–H groups in total. The number of rotatable bonds is 5. The predicted octanol–water partition coefficient (Wildman–Crippen LogP) is 1.60. The standard InChI is InChI=1S/C9H14N2O2S/c12-6-8-10-11-9(14-8)13-5-4-7-2-1-3-7/h7,12H,1-6H2. The highest BCUT2D eigenvalue weighted by atomic mass is 32.1. The van der Waals surface area contributed by atoms with Crippen LogP contribution in [-0.4, -0.2) is 21.9 Å². The molecule has 0 aliphatic heterocycles. The largest absolute Gasteiger partial charge is 0.469 e. The van der Waals surface area contributed by atoms with Gasteiger partial charge >= 0.3 is 0 Å². The van der Waals surface area contributed by atoms with Crippen molar-refractivity contribution in [1.82, 2.24) is 10.2 Å². The lowest BCUT2D eigenvalue weighted by Gasteiger charge is -2.24. The van der Waals surface area contributed by atoms with Gasteiger partial charge in [-0.05, 0) is 12.3 Å². The third-order valence-electron chi connectivity index (χ3n) is 2.56. The fourth-order valence-electron chi connectivity index (χ4n) is 1.45. The lowest BCUT2D eigenvalue weighted by Crippen LogP contribution is -2.14. The summed E-state index contributed by atoms with van der Waals surface area (Å²) >= 11 is 1.32. The van der Waals surface area contributed by atoms with Crippen molar-refractivity contribution in [2.75, 3.05) is 6.61 Å². The van der Waals surface area contributed by atoms with Gasteiger partial charge < -0.3 is 9.84 Å². The molecule has 0 saturated heterocycles. The quantitative estimate of drug-likeness (QED) is 0.809. The van der Waals surface area contributed by atoms with Gasteiger partial charge in [0.15, 0.2) is 0 Å². The maximum atomic E-state index is 8.76. The van der Waals surface area contributed by atoms with Crippen LogP contribution in [0.15, 0.2) is 0 Å². The van der Waals surface area contributed by atoms with E-state index in [1.807, 2.05) is 0 Å². The van der Waals surface area contributed by atoms with Gasteiger partial charge in [0, 0.05) is 0 Å². The molecule has 0 aromatic carbocycles. The predicted molar refractivity (Wildman–Crippen MR) is 53.3 cm³/mol. The Kier molecular flexibility index (Phi) is 3.31. The summed E-state index contributed by atoms with van der Waals surface area (Å²) in [6, 6.07) is 0. The lowest BCUT2D eigenvalue weighted by atomic mass is 9.83. The van der Waals surface area contributed by atoms with Gasteiger partial charge in [-0.2, -0.15) is 0 Å². The maximum Gasteiger partial charge on any atom is 0.294 e. The molecule has 1 heterocycles. The van der Waals surface area contributed by atoms with Gasteiger partial charge in [-0.15, -0.1) is 5.10 Å². The van der Waals surface area contributed by atoms with Crippen LogP contribution in [0.2, 0.25) is 0 Å². The van der Waals surface area contributed by atoms with Gasteiger partial charge in [0.05, 0.1) is 13.2 Å². The average molecular weight is 214 g/mol. The van der Waals surface area contributed by atoms with Crippen molar-refractivity contribution < 1.29 is 9.84 Å². The molecule has 1 saturated carbocycles. The molecular weight excluding hydrogens is 200 g/mol. The Hall–Kier alpha value is -0.680. The van der Waals surface area contributed by atoms with Crippen LogP contribution in [0.4, 0.5) is 0 Å². The number of ether oxygens (including phenoxy) is 1. The van der Waals surface area contributed by atoms with Gasteiger partial charge in [0.1, 0.15) is 5.01 Å². The molecule has 1 aliphatic carbocycles. The number of hydrogen-bond acceptors (Lipinski definition) is 5. The van der Waals surface area contributed by atoms with E-state index in [1.54, 1.807) is 0 Å². The number of aliphatic hydroxyl groups excluding tert-OH is 1. The molecule has 14 heavy (non-hydrogen) atoms. The number of aliphatic hydroxyl groups is 1. The Bertz CT molecular complexity index is 286. The lowest BCUT2D eigenvalue weighted by molar-refractivity contribution is 0.220. The van der Waals surface area contributed by atoms with Crippen molar-refractivity contribution in [3.05, 3.63) is 5.01 Å². The summed E-state index contributed by atoms with van der Waals surface area (Å²) in [4.78, 5) is 0. The highest BCUT2D eigenvalue weighted by molar-refractivity contribution is 7.13. The summed E-state index contributed by atoms with van der Waals surface area (Å²) in [5, 5.41) is 17.5. The zero-order valence-electron chi connectivity index (χ0n) is 7.98. The van der Waals surface area contributed by atoms with E-state index in [2.05, 4.69) is 10.2 Å². The van der Waals surface area contributed by atoms with Crippen LogP contribution in [0.5, 0.6) is 5.19 Å². The second-order valence-corrected chi connectivity index (χ2v) is 4.58. The first-order valence-electron chi connectivity index (χ1n) is 4.94. The number of nitrogens with zero attached hydrogens (tertiary/aromatic N) is 2. The molecule has 0 amide bonds. The Balaban J connectivity index is 1.68. The van der Waals surface area contributed by atoms with Crippen molar-refractivity contribution in [2.24, 2.45) is 5.92 Å². The minimum atomic E-state index is -0.0519. The second kappa shape index (κ2) is 4.70. The van der Waals surface area contributed by atoms with Crippen LogP contribution in [-0.2, 0) is 6.61 Å². The van der Waals surface area contributed by atoms with E-state index in [0.29, 0.717) is 10.2 Å². The van der Waals surface area contributed by atoms with Crippen molar-refractivity contribution in [2.45, 2.75) is 32.3 Å². The smallest absolute Gasteiger partial charge is 0.294 e. The van der Waals surface area contributed by atoms with E-state index >= 15 is 0 Å². The number of hydrogen-bond donors (Lipinski definition) is 1. The van der Waals surface area contributed by atoms with Gasteiger partial charge in [0.25, 0.3) is 5.19 Å². The highest BCUT2D eigenvalue weighted by Crippen LogP contribution is 2.29. The third-order valence-corrected chi connectivity index (χ3v) is 3.38. The Morgan fingerprint density at radius 1 is 1.43 bits per heavy atom. The van der Waals surface area contributed by atoms with Gasteiger partial charge in [0.2, 0.25) is 0 Å². The van der Waals surface area contributed by atoms with Gasteiger partial charge in [-0.25, -0.2) is 0 Å². The van der Waals surface area contributed by atoms with Gasteiger partial charge in [-0.1, -0.05) is 35.7 Å². The zero-order chi connectivity index (χ0) is 9.80.